The van der Waals surface area contributed by atoms with E-state index in [1.54, 1.807) is 0 Å². The van der Waals surface area contributed by atoms with Crippen molar-refractivity contribution in [3.05, 3.63) is 29.8 Å². The highest BCUT2D eigenvalue weighted by Crippen LogP contribution is 2.18. The summed E-state index contributed by atoms with van der Waals surface area (Å²) >= 11 is 0. The Balaban J connectivity index is 2.82. The summed E-state index contributed by atoms with van der Waals surface area (Å²) in [6.45, 7) is 6.20. The molecule has 0 aliphatic heterocycles. The topological polar surface area (TPSA) is 9.23 Å². The lowest BCUT2D eigenvalue weighted by atomic mass is 10.1. The van der Waals surface area contributed by atoms with Gasteiger partial charge < -0.3 is 4.74 Å². The van der Waals surface area contributed by atoms with Crippen LogP contribution in [0.4, 0.5) is 0 Å². The van der Waals surface area contributed by atoms with E-state index < -0.39 is 0 Å². The lowest BCUT2D eigenvalue weighted by molar-refractivity contribution is 0.240. The van der Waals surface area contributed by atoms with Crippen LogP contribution in [-0.2, 0) is 6.42 Å². The molecule has 1 aromatic carbocycles. The molecule has 0 aromatic heterocycles. The predicted molar refractivity (Wildman–Crippen MR) is 50.4 cm³/mol. The average molecular weight is 163 g/mol. The zero-order chi connectivity index (χ0) is 8.97. The first-order valence-electron chi connectivity index (χ1n) is 4.39. The molecule has 1 nitrogen and oxygen atoms in total. The summed E-state index contributed by atoms with van der Waals surface area (Å²) in [6.07, 6.45) is 1.25. The van der Waals surface area contributed by atoms with E-state index in [1.165, 1.54) is 5.56 Å². The molecular formula is C11H15O. The molecule has 0 N–H and O–H groups in total. The third-order valence-corrected chi connectivity index (χ3v) is 1.65. The number of ether oxygens (including phenoxy) is 1. The lowest BCUT2D eigenvalue weighted by Crippen LogP contribution is -2.07. The quantitative estimate of drug-likeness (QED) is 0.665. The van der Waals surface area contributed by atoms with Gasteiger partial charge in [-0.1, -0.05) is 13.0 Å². The molecule has 0 unspecified atom stereocenters. The molecule has 65 valence electrons. The van der Waals surface area contributed by atoms with Crippen molar-refractivity contribution in [1.29, 1.82) is 0 Å². The third-order valence-electron chi connectivity index (χ3n) is 1.65. The van der Waals surface area contributed by atoms with Gasteiger partial charge in [0.05, 0.1) is 6.10 Å². The first-order valence-corrected chi connectivity index (χ1v) is 4.39. The molecule has 0 fully saturated rings. The summed E-state index contributed by atoms with van der Waals surface area (Å²) in [7, 11) is 0. The highest BCUT2D eigenvalue weighted by Gasteiger charge is 2.01. The third kappa shape index (κ3) is 2.26. The second-order valence-electron chi connectivity index (χ2n) is 3.05. The van der Waals surface area contributed by atoms with Crippen molar-refractivity contribution in [1.82, 2.24) is 0 Å². The van der Waals surface area contributed by atoms with Crippen LogP contribution in [0.2, 0.25) is 0 Å². The van der Waals surface area contributed by atoms with Crippen LogP contribution in [0.1, 0.15) is 26.3 Å². The summed E-state index contributed by atoms with van der Waals surface area (Å²) in [6, 6.07) is 8.89. The van der Waals surface area contributed by atoms with Gasteiger partial charge in [0.1, 0.15) is 5.75 Å². The van der Waals surface area contributed by atoms with Crippen molar-refractivity contribution in [3.63, 3.8) is 0 Å². The largest absolute Gasteiger partial charge is 0.491 e. The Kier molecular flexibility index (Phi) is 3.15. The van der Waals surface area contributed by atoms with Gasteiger partial charge in [0.25, 0.3) is 0 Å². The van der Waals surface area contributed by atoms with Gasteiger partial charge in [-0.25, -0.2) is 0 Å². The summed E-state index contributed by atoms with van der Waals surface area (Å²) in [5.74, 6) is 0.992. The standard InChI is InChI=1S/C11H15O/c1-4-10-7-5-6-8-11(10)12-9(2)3/h6-9H,4H2,1-3H3. The Morgan fingerprint density at radius 2 is 2.25 bits per heavy atom. The van der Waals surface area contributed by atoms with Crippen molar-refractivity contribution in [3.8, 4) is 5.75 Å². The molecule has 0 saturated heterocycles. The molecule has 0 saturated carbocycles. The van der Waals surface area contributed by atoms with Crippen LogP contribution in [0.25, 0.3) is 0 Å². The average Bonchev–Trinajstić information content (AvgIpc) is 2.04. The fourth-order valence-corrected chi connectivity index (χ4v) is 1.10. The smallest absolute Gasteiger partial charge is 0.122 e. The normalized spacial score (nSPS) is 10.3. The summed E-state index contributed by atoms with van der Waals surface area (Å²) in [5.41, 5.74) is 1.23. The van der Waals surface area contributed by atoms with E-state index in [2.05, 4.69) is 13.0 Å². The van der Waals surface area contributed by atoms with Gasteiger partial charge in [-0.3, -0.25) is 0 Å². The molecule has 0 bridgehead atoms. The van der Waals surface area contributed by atoms with Crippen LogP contribution in [0, 0.1) is 6.07 Å². The molecule has 0 amide bonds. The number of hydrogen-bond donors (Lipinski definition) is 0. The molecule has 1 aromatic rings. The monoisotopic (exact) mass is 163 g/mol. The molecule has 1 rings (SSSR count). The minimum Gasteiger partial charge on any atom is -0.491 e. The predicted octanol–water partition coefficient (Wildman–Crippen LogP) is 2.84. The zero-order valence-corrected chi connectivity index (χ0v) is 7.92. The van der Waals surface area contributed by atoms with Gasteiger partial charge in [0.2, 0.25) is 0 Å². The molecule has 0 aliphatic carbocycles. The van der Waals surface area contributed by atoms with Gasteiger partial charge in [0, 0.05) is 0 Å². The molecular weight excluding hydrogens is 148 g/mol. The van der Waals surface area contributed by atoms with Crippen molar-refractivity contribution in [2.45, 2.75) is 33.3 Å². The first kappa shape index (κ1) is 9.11. The molecule has 0 spiro atoms. The van der Waals surface area contributed by atoms with Crippen molar-refractivity contribution in [2.24, 2.45) is 0 Å². The van der Waals surface area contributed by atoms with Gasteiger partial charge in [-0.2, -0.15) is 0 Å². The zero-order valence-electron chi connectivity index (χ0n) is 7.92. The van der Waals surface area contributed by atoms with Crippen LogP contribution in [0.15, 0.2) is 18.2 Å². The second-order valence-corrected chi connectivity index (χ2v) is 3.05. The second kappa shape index (κ2) is 4.15. The van der Waals surface area contributed by atoms with E-state index in [9.17, 15) is 0 Å². The minimum absolute atomic E-state index is 0.248. The van der Waals surface area contributed by atoms with E-state index in [4.69, 9.17) is 4.74 Å². The summed E-state index contributed by atoms with van der Waals surface area (Å²) < 4.78 is 5.62. The number of benzene rings is 1. The lowest BCUT2D eigenvalue weighted by Gasteiger charge is -2.12. The summed E-state index contributed by atoms with van der Waals surface area (Å²) in [4.78, 5) is 0. The Hall–Kier alpha value is -0.980. The molecule has 0 atom stereocenters. The van der Waals surface area contributed by atoms with Crippen molar-refractivity contribution >= 4 is 0 Å². The van der Waals surface area contributed by atoms with Gasteiger partial charge >= 0.3 is 0 Å². The Morgan fingerprint density at radius 3 is 2.83 bits per heavy atom. The van der Waals surface area contributed by atoms with E-state index in [0.717, 1.165) is 12.2 Å². The van der Waals surface area contributed by atoms with Gasteiger partial charge in [-0.15, -0.1) is 0 Å². The SMILES string of the molecule is CCc1c[c]ccc1OC(C)C. The molecule has 1 heteroatoms. The summed E-state index contributed by atoms with van der Waals surface area (Å²) in [5, 5.41) is 0. The first-order chi connectivity index (χ1) is 5.74. The molecule has 0 aliphatic rings. The number of aryl methyl sites for hydroxylation is 1. The molecule has 0 heterocycles. The van der Waals surface area contributed by atoms with Crippen LogP contribution in [-0.4, -0.2) is 6.10 Å². The fourth-order valence-electron chi connectivity index (χ4n) is 1.10. The molecule has 12 heavy (non-hydrogen) atoms. The number of rotatable bonds is 3. The highest BCUT2D eigenvalue weighted by molar-refractivity contribution is 5.32. The van der Waals surface area contributed by atoms with Crippen LogP contribution in [0.3, 0.4) is 0 Å². The van der Waals surface area contributed by atoms with E-state index in [0.29, 0.717) is 0 Å². The Labute approximate surface area is 74.4 Å². The maximum absolute atomic E-state index is 5.62. The van der Waals surface area contributed by atoms with Gasteiger partial charge in [-0.05, 0) is 44.0 Å². The van der Waals surface area contributed by atoms with Gasteiger partial charge in [0.15, 0.2) is 0 Å². The van der Waals surface area contributed by atoms with Crippen LogP contribution >= 0.6 is 0 Å². The van der Waals surface area contributed by atoms with Crippen molar-refractivity contribution in [2.75, 3.05) is 0 Å². The fraction of sp³-hybridized carbons (Fsp3) is 0.455. The Morgan fingerprint density at radius 1 is 1.50 bits per heavy atom. The van der Waals surface area contributed by atoms with Crippen LogP contribution < -0.4 is 4.74 Å². The maximum Gasteiger partial charge on any atom is 0.122 e. The van der Waals surface area contributed by atoms with Crippen molar-refractivity contribution < 1.29 is 4.74 Å². The van der Waals surface area contributed by atoms with E-state index in [-0.39, 0.29) is 6.10 Å². The Bertz CT molecular complexity index is 241. The molecule has 1 radical (unpaired) electrons. The minimum atomic E-state index is 0.248. The number of hydrogen-bond acceptors (Lipinski definition) is 1. The van der Waals surface area contributed by atoms with E-state index in [1.807, 2.05) is 32.0 Å². The van der Waals surface area contributed by atoms with Crippen LogP contribution in [0.5, 0.6) is 5.75 Å². The van der Waals surface area contributed by atoms with E-state index >= 15 is 0 Å². The maximum atomic E-state index is 5.62. The highest BCUT2D eigenvalue weighted by atomic mass is 16.5.